The van der Waals surface area contributed by atoms with Crippen molar-refractivity contribution in [3.05, 3.63) is 45.9 Å². The molecule has 0 atom stereocenters. The van der Waals surface area contributed by atoms with Gasteiger partial charge in [0.2, 0.25) is 0 Å². The Kier molecular flexibility index (Phi) is 2.01. The topological polar surface area (TPSA) is 15.8 Å². The molecule has 0 aliphatic rings. The van der Waals surface area contributed by atoms with Crippen LogP contribution in [-0.4, -0.2) is 4.98 Å². The largest absolute Gasteiger partial charge is 0.354 e. The van der Waals surface area contributed by atoms with Crippen molar-refractivity contribution in [1.29, 1.82) is 0 Å². The zero-order valence-electron chi connectivity index (χ0n) is 7.72. The summed E-state index contributed by atoms with van der Waals surface area (Å²) in [6, 6.07) is 12.0. The van der Waals surface area contributed by atoms with Gasteiger partial charge in [-0.05, 0) is 24.3 Å². The summed E-state index contributed by atoms with van der Waals surface area (Å²) in [6.45, 7) is 0. The Bertz CT molecular complexity index is 601. The molecule has 1 heterocycles. The molecule has 15 heavy (non-hydrogen) atoms. The van der Waals surface area contributed by atoms with Crippen LogP contribution in [0.5, 0.6) is 0 Å². The Labute approximate surface area is 100 Å². The smallest absolute Gasteiger partial charge is 0.0506 e. The van der Waals surface area contributed by atoms with Crippen molar-refractivity contribution in [3.8, 4) is 0 Å². The predicted octanol–water partition coefficient (Wildman–Crippen LogP) is 4.74. The summed E-state index contributed by atoms with van der Waals surface area (Å²) in [5, 5.41) is 3.02. The molecule has 1 N–H and O–H groups in total. The van der Waals surface area contributed by atoms with E-state index in [0.29, 0.717) is 0 Å². The lowest BCUT2D eigenvalue weighted by atomic mass is 10.1. The van der Waals surface area contributed by atoms with Crippen molar-refractivity contribution >= 4 is 49.3 Å². The zero-order chi connectivity index (χ0) is 10.4. The molecule has 0 unspecified atom stereocenters. The molecule has 1 nitrogen and oxygen atoms in total. The van der Waals surface area contributed by atoms with Crippen LogP contribution >= 0.6 is 27.5 Å². The molecule has 0 aliphatic heterocycles. The lowest BCUT2D eigenvalue weighted by Gasteiger charge is -1.96. The van der Waals surface area contributed by atoms with Crippen LogP contribution in [0.15, 0.2) is 40.9 Å². The van der Waals surface area contributed by atoms with Gasteiger partial charge >= 0.3 is 0 Å². The first-order valence-electron chi connectivity index (χ1n) is 4.62. The van der Waals surface area contributed by atoms with Crippen molar-refractivity contribution in [2.24, 2.45) is 0 Å². The summed E-state index contributed by atoms with van der Waals surface area (Å²) >= 11 is 9.76. The lowest BCUT2D eigenvalue weighted by molar-refractivity contribution is 1.54. The number of aromatic nitrogens is 1. The van der Waals surface area contributed by atoms with Gasteiger partial charge in [0.1, 0.15) is 0 Å². The van der Waals surface area contributed by atoms with Gasteiger partial charge in [0, 0.05) is 26.3 Å². The highest BCUT2D eigenvalue weighted by molar-refractivity contribution is 9.10. The van der Waals surface area contributed by atoms with E-state index in [0.717, 1.165) is 31.3 Å². The van der Waals surface area contributed by atoms with Gasteiger partial charge in [-0.3, -0.25) is 0 Å². The van der Waals surface area contributed by atoms with Crippen LogP contribution in [0.1, 0.15) is 0 Å². The van der Waals surface area contributed by atoms with E-state index in [1.165, 1.54) is 0 Å². The van der Waals surface area contributed by atoms with Gasteiger partial charge in [0.25, 0.3) is 0 Å². The van der Waals surface area contributed by atoms with Crippen molar-refractivity contribution in [2.75, 3.05) is 0 Å². The van der Waals surface area contributed by atoms with Crippen molar-refractivity contribution in [2.45, 2.75) is 0 Å². The van der Waals surface area contributed by atoms with E-state index >= 15 is 0 Å². The fraction of sp³-hybridized carbons (Fsp3) is 0. The van der Waals surface area contributed by atoms with E-state index in [-0.39, 0.29) is 0 Å². The number of rotatable bonds is 0. The summed E-state index contributed by atoms with van der Waals surface area (Å²) in [7, 11) is 0. The van der Waals surface area contributed by atoms with Gasteiger partial charge in [-0.15, -0.1) is 0 Å². The predicted molar refractivity (Wildman–Crippen MR) is 68.5 cm³/mol. The molecular formula is C12H7BrClN. The van der Waals surface area contributed by atoms with E-state index in [1.54, 1.807) is 0 Å². The number of fused-ring (bicyclic) bond motifs is 3. The number of halogens is 2. The highest BCUT2D eigenvalue weighted by Crippen LogP contribution is 2.35. The van der Waals surface area contributed by atoms with Crippen molar-refractivity contribution in [1.82, 2.24) is 4.98 Å². The zero-order valence-corrected chi connectivity index (χ0v) is 10.1. The molecule has 0 aliphatic carbocycles. The van der Waals surface area contributed by atoms with E-state index in [4.69, 9.17) is 11.6 Å². The summed E-state index contributed by atoms with van der Waals surface area (Å²) < 4.78 is 1.07. The highest BCUT2D eigenvalue weighted by Gasteiger charge is 2.09. The fourth-order valence-corrected chi connectivity index (χ4v) is 2.74. The third-order valence-electron chi connectivity index (χ3n) is 2.55. The van der Waals surface area contributed by atoms with Gasteiger partial charge in [0.15, 0.2) is 0 Å². The number of benzene rings is 2. The van der Waals surface area contributed by atoms with E-state index < -0.39 is 0 Å². The molecule has 0 radical (unpaired) electrons. The average molecular weight is 281 g/mol. The van der Waals surface area contributed by atoms with E-state index in [9.17, 15) is 0 Å². The Morgan fingerprint density at radius 1 is 0.933 bits per heavy atom. The second-order valence-corrected chi connectivity index (χ2v) is 4.71. The number of nitrogens with one attached hydrogen (secondary N) is 1. The van der Waals surface area contributed by atoms with Crippen LogP contribution in [-0.2, 0) is 0 Å². The lowest BCUT2D eigenvalue weighted by Crippen LogP contribution is -1.70. The number of aromatic amines is 1. The summed E-state index contributed by atoms with van der Waals surface area (Å²) in [4.78, 5) is 3.35. The third kappa shape index (κ3) is 1.29. The van der Waals surface area contributed by atoms with Crippen molar-refractivity contribution < 1.29 is 0 Å². The summed E-state index contributed by atoms with van der Waals surface area (Å²) in [6.07, 6.45) is 0. The van der Waals surface area contributed by atoms with Crippen LogP contribution in [0.4, 0.5) is 0 Å². The van der Waals surface area contributed by atoms with Crippen LogP contribution in [0.2, 0.25) is 5.02 Å². The molecule has 74 valence electrons. The van der Waals surface area contributed by atoms with Gasteiger partial charge in [0.05, 0.1) is 5.02 Å². The monoisotopic (exact) mass is 279 g/mol. The van der Waals surface area contributed by atoms with Crippen LogP contribution in [0.3, 0.4) is 0 Å². The molecule has 0 saturated carbocycles. The Morgan fingerprint density at radius 3 is 2.40 bits per heavy atom. The fourth-order valence-electron chi connectivity index (χ4n) is 1.91. The first kappa shape index (κ1) is 9.25. The van der Waals surface area contributed by atoms with Gasteiger partial charge in [-0.1, -0.05) is 39.7 Å². The third-order valence-corrected chi connectivity index (χ3v) is 3.52. The molecule has 1 aromatic heterocycles. The average Bonchev–Trinajstić information content (AvgIpc) is 2.58. The number of hydrogen-bond donors (Lipinski definition) is 1. The van der Waals surface area contributed by atoms with Gasteiger partial charge in [-0.2, -0.15) is 0 Å². The molecule has 3 aromatic rings. The molecule has 0 bridgehead atoms. The Balaban J connectivity index is 2.67. The minimum Gasteiger partial charge on any atom is -0.354 e. The maximum atomic E-state index is 6.21. The minimum absolute atomic E-state index is 0.783. The molecule has 0 spiro atoms. The molecule has 2 aromatic carbocycles. The first-order valence-corrected chi connectivity index (χ1v) is 5.79. The molecule has 3 heteroatoms. The van der Waals surface area contributed by atoms with Crippen LogP contribution < -0.4 is 0 Å². The molecule has 0 saturated heterocycles. The molecule has 0 amide bonds. The van der Waals surface area contributed by atoms with E-state index in [2.05, 4.69) is 27.0 Å². The molecular weight excluding hydrogens is 273 g/mol. The molecule has 0 fully saturated rings. The number of H-pyrrole nitrogens is 1. The summed E-state index contributed by atoms with van der Waals surface area (Å²) in [5.41, 5.74) is 2.18. The maximum absolute atomic E-state index is 6.21. The summed E-state index contributed by atoms with van der Waals surface area (Å²) in [5.74, 6) is 0. The van der Waals surface area contributed by atoms with Gasteiger partial charge < -0.3 is 4.98 Å². The van der Waals surface area contributed by atoms with Gasteiger partial charge in [-0.25, -0.2) is 0 Å². The normalized spacial score (nSPS) is 11.3. The number of hydrogen-bond acceptors (Lipinski definition) is 0. The standard InChI is InChI=1S/C12H7BrClN/c13-7-3-1-5-9-11(7)12-8(14)4-2-6-10(12)15-9/h1-6,15H. The van der Waals surface area contributed by atoms with Crippen molar-refractivity contribution in [3.63, 3.8) is 0 Å². The first-order chi connectivity index (χ1) is 7.27. The SMILES string of the molecule is Clc1cccc2[nH]c3cccc(Br)c3c12. The van der Waals surface area contributed by atoms with E-state index in [1.807, 2.05) is 30.3 Å². The van der Waals surface area contributed by atoms with Crippen LogP contribution in [0.25, 0.3) is 21.8 Å². The Morgan fingerprint density at radius 2 is 1.60 bits per heavy atom. The Hall–Kier alpha value is -0.990. The van der Waals surface area contributed by atoms with Crippen LogP contribution in [0, 0.1) is 0 Å². The maximum Gasteiger partial charge on any atom is 0.0506 e. The quantitative estimate of drug-likeness (QED) is 0.612. The highest BCUT2D eigenvalue weighted by atomic mass is 79.9. The second-order valence-electron chi connectivity index (χ2n) is 3.45. The minimum atomic E-state index is 0.783. The molecule has 3 rings (SSSR count). The second kappa shape index (κ2) is 3.26.